The van der Waals surface area contributed by atoms with Gasteiger partial charge in [0.15, 0.2) is 5.96 Å². The predicted molar refractivity (Wildman–Crippen MR) is 123 cm³/mol. The number of aromatic nitrogens is 3. The van der Waals surface area contributed by atoms with Crippen molar-refractivity contribution in [3.05, 3.63) is 34.0 Å². The van der Waals surface area contributed by atoms with Crippen LogP contribution in [0.4, 0.5) is 0 Å². The van der Waals surface area contributed by atoms with E-state index in [2.05, 4.69) is 40.3 Å². The Bertz CT molecular complexity index is 725. The second-order valence-corrected chi connectivity index (χ2v) is 8.09. The van der Waals surface area contributed by atoms with Crippen molar-refractivity contribution in [2.75, 3.05) is 26.2 Å². The first-order valence-corrected chi connectivity index (χ1v) is 10.4. The quantitative estimate of drug-likeness (QED) is 0.359. The largest absolute Gasteiger partial charge is 0.357 e. The summed E-state index contributed by atoms with van der Waals surface area (Å²) in [5.41, 5.74) is 1.33. The number of hydrogen-bond acceptors (Lipinski definition) is 4. The first kappa shape index (κ1) is 22.1. The Balaban J connectivity index is 0.00000261. The molecule has 3 rings (SSSR count). The van der Waals surface area contributed by atoms with Crippen LogP contribution in [0.1, 0.15) is 35.7 Å². The molecule has 150 valence electrons. The highest BCUT2D eigenvalue weighted by Gasteiger charge is 2.25. The van der Waals surface area contributed by atoms with Crippen molar-refractivity contribution < 1.29 is 0 Å². The van der Waals surface area contributed by atoms with Crippen molar-refractivity contribution in [3.63, 3.8) is 0 Å². The second kappa shape index (κ2) is 11.0. The van der Waals surface area contributed by atoms with E-state index in [1.807, 2.05) is 35.5 Å². The highest BCUT2D eigenvalue weighted by atomic mass is 127. The van der Waals surface area contributed by atoms with Gasteiger partial charge in [0.1, 0.15) is 0 Å². The van der Waals surface area contributed by atoms with Gasteiger partial charge in [-0.25, -0.2) is 4.98 Å². The number of hydrogen-bond donors (Lipinski definition) is 1. The minimum absolute atomic E-state index is 0. The number of rotatable bonds is 7. The van der Waals surface area contributed by atoms with Crippen LogP contribution in [0.3, 0.4) is 0 Å². The van der Waals surface area contributed by atoms with E-state index in [1.54, 1.807) is 0 Å². The fourth-order valence-electron chi connectivity index (χ4n) is 3.41. The van der Waals surface area contributed by atoms with E-state index in [0.29, 0.717) is 5.92 Å². The van der Waals surface area contributed by atoms with E-state index < -0.39 is 0 Å². The van der Waals surface area contributed by atoms with E-state index in [4.69, 9.17) is 4.99 Å². The second-order valence-electron chi connectivity index (χ2n) is 6.89. The number of nitrogens with one attached hydrogen (secondary N) is 1. The molecule has 8 heteroatoms. The lowest BCUT2D eigenvalue weighted by Gasteiger charge is -2.21. The van der Waals surface area contributed by atoms with Crippen molar-refractivity contribution in [2.45, 2.75) is 39.5 Å². The maximum Gasteiger partial charge on any atom is 0.193 e. The third kappa shape index (κ3) is 6.44. The number of aryl methyl sites for hydroxylation is 2. The van der Waals surface area contributed by atoms with Crippen LogP contribution in [0.15, 0.2) is 23.6 Å². The maximum absolute atomic E-state index is 4.85. The average molecular weight is 502 g/mol. The molecule has 27 heavy (non-hydrogen) atoms. The zero-order valence-electron chi connectivity index (χ0n) is 16.5. The van der Waals surface area contributed by atoms with E-state index in [1.165, 1.54) is 21.9 Å². The fourth-order valence-corrected chi connectivity index (χ4v) is 4.26. The fraction of sp³-hybridized carbons (Fsp3) is 0.632. The molecular weight excluding hydrogens is 471 g/mol. The Morgan fingerprint density at radius 3 is 2.89 bits per heavy atom. The van der Waals surface area contributed by atoms with Crippen molar-refractivity contribution in [2.24, 2.45) is 18.0 Å². The van der Waals surface area contributed by atoms with Gasteiger partial charge in [-0.05, 0) is 37.7 Å². The lowest BCUT2D eigenvalue weighted by atomic mass is 10.0. The average Bonchev–Trinajstić information content (AvgIpc) is 3.36. The summed E-state index contributed by atoms with van der Waals surface area (Å²) in [7, 11) is 1.98. The van der Waals surface area contributed by atoms with Gasteiger partial charge < -0.3 is 10.2 Å². The van der Waals surface area contributed by atoms with Crippen LogP contribution in [-0.2, 0) is 26.3 Å². The molecule has 0 amide bonds. The molecule has 0 saturated carbocycles. The molecule has 0 spiro atoms. The zero-order valence-corrected chi connectivity index (χ0v) is 19.7. The number of likely N-dealkylation sites (tertiary alicyclic amines) is 1. The molecule has 2 aromatic heterocycles. The van der Waals surface area contributed by atoms with Gasteiger partial charge in [0, 0.05) is 56.9 Å². The number of halogens is 1. The van der Waals surface area contributed by atoms with Crippen LogP contribution in [-0.4, -0.2) is 51.8 Å². The topological polar surface area (TPSA) is 58.3 Å². The highest BCUT2D eigenvalue weighted by molar-refractivity contribution is 14.0. The van der Waals surface area contributed by atoms with E-state index in [-0.39, 0.29) is 24.0 Å². The molecule has 1 saturated heterocycles. The minimum Gasteiger partial charge on any atom is -0.357 e. The van der Waals surface area contributed by atoms with Gasteiger partial charge in [0.2, 0.25) is 0 Å². The normalized spacial score (nSPS) is 17.2. The monoisotopic (exact) mass is 502 g/mol. The van der Waals surface area contributed by atoms with Gasteiger partial charge in [0.05, 0.1) is 11.2 Å². The molecule has 0 aliphatic carbocycles. The first-order chi connectivity index (χ1) is 12.7. The standard InChI is InChI=1S/C19H30N6S.HI/c1-4-17-12-22-18(26-17)6-8-21-19(20-5-2)25-9-7-15(14-25)10-16-11-23-24(3)13-16;/h11-13,15H,4-10,14H2,1-3H3,(H,20,21);1H. The molecule has 0 aromatic carbocycles. The van der Waals surface area contributed by atoms with Crippen LogP contribution >= 0.6 is 35.3 Å². The van der Waals surface area contributed by atoms with Gasteiger partial charge in [-0.3, -0.25) is 9.67 Å². The molecule has 1 N–H and O–H groups in total. The molecule has 0 radical (unpaired) electrons. The Morgan fingerprint density at radius 1 is 1.37 bits per heavy atom. The zero-order chi connectivity index (χ0) is 18.4. The SMILES string of the molecule is CCNC(=NCCc1ncc(CC)s1)N1CCC(Cc2cnn(C)c2)C1.I. The summed E-state index contributed by atoms with van der Waals surface area (Å²) < 4.78 is 1.89. The summed E-state index contributed by atoms with van der Waals surface area (Å²) in [6, 6.07) is 0. The molecule has 0 bridgehead atoms. The number of guanidine groups is 1. The Labute approximate surface area is 183 Å². The summed E-state index contributed by atoms with van der Waals surface area (Å²) in [5.74, 6) is 1.72. The summed E-state index contributed by atoms with van der Waals surface area (Å²) >= 11 is 1.81. The van der Waals surface area contributed by atoms with Gasteiger partial charge in [-0.15, -0.1) is 35.3 Å². The molecule has 3 heterocycles. The van der Waals surface area contributed by atoms with Crippen molar-refractivity contribution in [3.8, 4) is 0 Å². The maximum atomic E-state index is 4.85. The molecule has 1 aliphatic rings. The van der Waals surface area contributed by atoms with Crippen molar-refractivity contribution >= 4 is 41.3 Å². The lowest BCUT2D eigenvalue weighted by molar-refractivity contribution is 0.460. The van der Waals surface area contributed by atoms with Crippen LogP contribution in [0.25, 0.3) is 0 Å². The van der Waals surface area contributed by atoms with Gasteiger partial charge >= 0.3 is 0 Å². The third-order valence-corrected chi connectivity index (χ3v) is 5.94. The van der Waals surface area contributed by atoms with Crippen LogP contribution in [0, 0.1) is 5.92 Å². The third-order valence-electron chi connectivity index (χ3n) is 4.74. The Hall–Kier alpha value is -1.16. The summed E-state index contributed by atoms with van der Waals surface area (Å²) in [4.78, 5) is 13.1. The van der Waals surface area contributed by atoms with Gasteiger partial charge in [-0.1, -0.05) is 6.92 Å². The van der Waals surface area contributed by atoms with E-state index >= 15 is 0 Å². The summed E-state index contributed by atoms with van der Waals surface area (Å²) in [5, 5.41) is 8.93. The number of aliphatic imine (C=N–C) groups is 1. The molecule has 1 unspecified atom stereocenters. The van der Waals surface area contributed by atoms with Crippen LogP contribution in [0.5, 0.6) is 0 Å². The predicted octanol–water partition coefficient (Wildman–Crippen LogP) is 3.13. The minimum atomic E-state index is 0. The molecule has 1 fully saturated rings. The molecule has 1 atom stereocenters. The smallest absolute Gasteiger partial charge is 0.193 e. The summed E-state index contributed by atoms with van der Waals surface area (Å²) in [6.07, 6.45) is 10.4. The van der Waals surface area contributed by atoms with Crippen LogP contribution < -0.4 is 5.32 Å². The number of thiazole rings is 1. The summed E-state index contributed by atoms with van der Waals surface area (Å²) in [6.45, 7) is 8.15. The first-order valence-electron chi connectivity index (χ1n) is 9.62. The molecule has 6 nitrogen and oxygen atoms in total. The van der Waals surface area contributed by atoms with E-state index in [0.717, 1.165) is 51.4 Å². The Kier molecular flexibility index (Phi) is 9.01. The molecule has 2 aromatic rings. The highest BCUT2D eigenvalue weighted by Crippen LogP contribution is 2.21. The molecular formula is C19H31IN6S. The van der Waals surface area contributed by atoms with Gasteiger partial charge in [0.25, 0.3) is 0 Å². The Morgan fingerprint density at radius 2 is 2.22 bits per heavy atom. The number of nitrogens with zero attached hydrogens (tertiary/aromatic N) is 5. The van der Waals surface area contributed by atoms with Crippen molar-refractivity contribution in [1.82, 2.24) is 25.0 Å². The molecule has 1 aliphatic heterocycles. The van der Waals surface area contributed by atoms with E-state index in [9.17, 15) is 0 Å². The van der Waals surface area contributed by atoms with Crippen molar-refractivity contribution in [1.29, 1.82) is 0 Å². The van der Waals surface area contributed by atoms with Gasteiger partial charge in [-0.2, -0.15) is 5.10 Å². The van der Waals surface area contributed by atoms with Crippen LogP contribution in [0.2, 0.25) is 0 Å². The lowest BCUT2D eigenvalue weighted by Crippen LogP contribution is -2.40.